The number of hydrogen-bond donors (Lipinski definition) is 0. The summed E-state index contributed by atoms with van der Waals surface area (Å²) in [5.74, 6) is 0.387. The molecule has 2 aromatic carbocycles. The van der Waals surface area contributed by atoms with E-state index in [4.69, 9.17) is 14.2 Å². The lowest BCUT2D eigenvalue weighted by atomic mass is 9.96. The number of hydrogen-bond acceptors (Lipinski definition) is 5. The number of nitrogens with zero attached hydrogens (tertiary/aromatic N) is 1. The Bertz CT molecular complexity index is 787. The second-order valence-electron chi connectivity index (χ2n) is 6.54. The lowest BCUT2D eigenvalue weighted by molar-refractivity contribution is -0.0566. The van der Waals surface area contributed by atoms with E-state index in [0.717, 1.165) is 22.4 Å². The second-order valence-corrected chi connectivity index (χ2v) is 6.54. The van der Waals surface area contributed by atoms with Gasteiger partial charge < -0.3 is 14.2 Å². The van der Waals surface area contributed by atoms with Crippen molar-refractivity contribution in [3.8, 4) is 5.75 Å². The molecule has 0 saturated carbocycles. The first-order valence-electron chi connectivity index (χ1n) is 8.84. The summed E-state index contributed by atoms with van der Waals surface area (Å²) in [5, 5.41) is 0. The normalized spacial score (nSPS) is 16.9. The van der Waals surface area contributed by atoms with Crippen LogP contribution in [0.1, 0.15) is 47.0 Å². The minimum Gasteiger partial charge on any atom is -0.488 e. The highest BCUT2D eigenvalue weighted by molar-refractivity contribution is 5.90. The smallest absolute Gasteiger partial charge is 0.338 e. The van der Waals surface area contributed by atoms with Crippen LogP contribution in [0, 0.1) is 0 Å². The summed E-state index contributed by atoms with van der Waals surface area (Å²) in [6.45, 7) is 4.61. The van der Waals surface area contributed by atoms with E-state index in [-0.39, 0.29) is 18.3 Å². The quantitative estimate of drug-likeness (QED) is 0.604. The molecule has 26 heavy (non-hydrogen) atoms. The predicted molar refractivity (Wildman–Crippen MR) is 99.2 cm³/mol. The fourth-order valence-electron chi connectivity index (χ4n) is 2.94. The van der Waals surface area contributed by atoms with Crippen LogP contribution in [0.15, 0.2) is 42.5 Å². The first-order chi connectivity index (χ1) is 12.5. The minimum absolute atomic E-state index is 0.106. The topological polar surface area (TPSA) is 48.0 Å². The van der Waals surface area contributed by atoms with Crippen molar-refractivity contribution in [2.75, 3.05) is 20.7 Å². The average molecular weight is 355 g/mol. The summed E-state index contributed by atoms with van der Waals surface area (Å²) in [6.07, 6.45) is -0.430. The number of carbonyl (C=O) groups is 1. The molecule has 0 radical (unpaired) electrons. The fourth-order valence-corrected chi connectivity index (χ4v) is 2.94. The van der Waals surface area contributed by atoms with E-state index in [1.807, 2.05) is 56.3 Å². The molecule has 5 heteroatoms. The number of esters is 1. The summed E-state index contributed by atoms with van der Waals surface area (Å²) in [6, 6.07) is 13.5. The zero-order valence-electron chi connectivity index (χ0n) is 15.7. The Morgan fingerprint density at radius 1 is 1.23 bits per heavy atom. The molecule has 1 aliphatic heterocycles. The lowest BCUT2D eigenvalue weighted by Gasteiger charge is -2.27. The molecule has 0 aromatic heterocycles. The van der Waals surface area contributed by atoms with Gasteiger partial charge in [-0.05, 0) is 57.3 Å². The maximum absolute atomic E-state index is 12.2. The molecule has 2 atom stereocenters. The highest BCUT2D eigenvalue weighted by Gasteiger charge is 2.28. The zero-order chi connectivity index (χ0) is 18.7. The van der Waals surface area contributed by atoms with Crippen molar-refractivity contribution >= 4 is 5.97 Å². The third-order valence-electron chi connectivity index (χ3n) is 4.58. The van der Waals surface area contributed by atoms with E-state index < -0.39 is 0 Å². The van der Waals surface area contributed by atoms with Crippen molar-refractivity contribution in [1.82, 2.24) is 4.90 Å². The van der Waals surface area contributed by atoms with Crippen LogP contribution in [-0.4, -0.2) is 37.8 Å². The van der Waals surface area contributed by atoms with Gasteiger partial charge >= 0.3 is 5.97 Å². The van der Waals surface area contributed by atoms with Crippen LogP contribution in [0.5, 0.6) is 5.75 Å². The van der Waals surface area contributed by atoms with Gasteiger partial charge in [-0.3, -0.25) is 4.90 Å². The maximum Gasteiger partial charge on any atom is 0.338 e. The minimum atomic E-state index is -0.341. The van der Waals surface area contributed by atoms with Crippen molar-refractivity contribution < 1.29 is 19.0 Å². The van der Waals surface area contributed by atoms with Crippen LogP contribution < -0.4 is 4.74 Å². The summed E-state index contributed by atoms with van der Waals surface area (Å²) >= 11 is 0. The van der Waals surface area contributed by atoms with Gasteiger partial charge in [0.25, 0.3) is 0 Å². The Hall–Kier alpha value is -2.37. The van der Waals surface area contributed by atoms with Gasteiger partial charge in [-0.2, -0.15) is 0 Å². The van der Waals surface area contributed by atoms with Gasteiger partial charge in [-0.25, -0.2) is 4.79 Å². The van der Waals surface area contributed by atoms with Crippen LogP contribution >= 0.6 is 0 Å². The van der Waals surface area contributed by atoms with Crippen LogP contribution in [0.4, 0.5) is 0 Å². The SMILES string of the molecule is CCOC(=O)c1ccc2c(c1)C(OC(C)N(C)C)c1ccccc1CO2. The summed E-state index contributed by atoms with van der Waals surface area (Å²) in [5.41, 5.74) is 3.48. The summed E-state index contributed by atoms with van der Waals surface area (Å²) < 4.78 is 17.5. The molecular formula is C21H25NO4. The lowest BCUT2D eigenvalue weighted by Crippen LogP contribution is -2.29. The van der Waals surface area contributed by atoms with Crippen LogP contribution in [0.3, 0.4) is 0 Å². The Labute approximate surface area is 154 Å². The molecule has 2 aromatic rings. The average Bonchev–Trinajstić information content (AvgIpc) is 2.79. The molecule has 138 valence electrons. The van der Waals surface area contributed by atoms with Crippen molar-refractivity contribution in [2.45, 2.75) is 32.8 Å². The molecule has 3 rings (SSSR count). The Kier molecular flexibility index (Phi) is 5.59. The summed E-state index contributed by atoms with van der Waals surface area (Å²) in [7, 11) is 3.94. The molecule has 0 N–H and O–H groups in total. The number of rotatable bonds is 5. The molecule has 1 heterocycles. The molecule has 2 unspecified atom stereocenters. The first kappa shape index (κ1) is 18.4. The van der Waals surface area contributed by atoms with Gasteiger partial charge in [0.1, 0.15) is 24.7 Å². The van der Waals surface area contributed by atoms with E-state index in [0.29, 0.717) is 18.8 Å². The van der Waals surface area contributed by atoms with Crippen molar-refractivity contribution in [2.24, 2.45) is 0 Å². The van der Waals surface area contributed by atoms with E-state index >= 15 is 0 Å². The third-order valence-corrected chi connectivity index (χ3v) is 4.58. The van der Waals surface area contributed by atoms with E-state index in [2.05, 4.69) is 6.07 Å². The molecule has 0 aliphatic carbocycles. The van der Waals surface area contributed by atoms with E-state index in [1.54, 1.807) is 13.0 Å². The Balaban J connectivity index is 2.08. The maximum atomic E-state index is 12.2. The van der Waals surface area contributed by atoms with Crippen LogP contribution in [0.25, 0.3) is 0 Å². The van der Waals surface area contributed by atoms with E-state index in [1.165, 1.54) is 0 Å². The Morgan fingerprint density at radius 3 is 2.73 bits per heavy atom. The van der Waals surface area contributed by atoms with Crippen molar-refractivity contribution in [3.05, 3.63) is 64.7 Å². The molecule has 0 saturated heterocycles. The van der Waals surface area contributed by atoms with Crippen molar-refractivity contribution in [1.29, 1.82) is 0 Å². The molecular weight excluding hydrogens is 330 g/mol. The van der Waals surface area contributed by atoms with Gasteiger partial charge in [-0.1, -0.05) is 24.3 Å². The monoisotopic (exact) mass is 355 g/mol. The first-order valence-corrected chi connectivity index (χ1v) is 8.84. The second kappa shape index (κ2) is 7.89. The van der Waals surface area contributed by atoms with Gasteiger partial charge in [0.05, 0.1) is 12.2 Å². The van der Waals surface area contributed by atoms with Crippen molar-refractivity contribution in [3.63, 3.8) is 0 Å². The highest BCUT2D eigenvalue weighted by atomic mass is 16.5. The molecule has 0 bridgehead atoms. The standard InChI is InChI=1S/C21H25NO4/c1-5-24-21(23)15-10-11-19-18(12-15)20(26-14(2)22(3)4)17-9-7-6-8-16(17)13-25-19/h6-12,14,20H,5,13H2,1-4H3. The van der Waals surface area contributed by atoms with E-state index in [9.17, 15) is 4.79 Å². The molecule has 0 fully saturated rings. The summed E-state index contributed by atoms with van der Waals surface area (Å²) in [4.78, 5) is 14.2. The Morgan fingerprint density at radius 2 is 2.00 bits per heavy atom. The molecule has 0 spiro atoms. The predicted octanol–water partition coefficient (Wildman–Crippen LogP) is 3.77. The number of benzene rings is 2. The van der Waals surface area contributed by atoms with Gasteiger partial charge in [-0.15, -0.1) is 0 Å². The largest absolute Gasteiger partial charge is 0.488 e. The van der Waals surface area contributed by atoms with Crippen LogP contribution in [0.2, 0.25) is 0 Å². The fraction of sp³-hybridized carbons (Fsp3) is 0.381. The number of carbonyl (C=O) groups excluding carboxylic acids is 1. The van der Waals surface area contributed by atoms with Gasteiger partial charge in [0.15, 0.2) is 0 Å². The number of ether oxygens (including phenoxy) is 3. The molecule has 5 nitrogen and oxygen atoms in total. The zero-order valence-corrected chi connectivity index (χ0v) is 15.7. The molecule has 0 amide bonds. The highest BCUT2D eigenvalue weighted by Crippen LogP contribution is 2.39. The van der Waals surface area contributed by atoms with Crippen LogP contribution in [-0.2, 0) is 16.1 Å². The van der Waals surface area contributed by atoms with Gasteiger partial charge in [0, 0.05) is 5.56 Å². The van der Waals surface area contributed by atoms with Gasteiger partial charge in [0.2, 0.25) is 0 Å². The number of fused-ring (bicyclic) bond motifs is 2. The third kappa shape index (κ3) is 3.74. The molecule has 1 aliphatic rings.